The van der Waals surface area contributed by atoms with Crippen molar-refractivity contribution in [3.63, 3.8) is 0 Å². The number of carbonyl (C=O) groups excluding carboxylic acids is 1. The number of hydrogen-bond acceptors (Lipinski definition) is 5. The molecule has 0 radical (unpaired) electrons. The van der Waals surface area contributed by atoms with E-state index in [-0.39, 0.29) is 18.5 Å². The standard InChI is InChI=1S/C15H19N3O4S/c1-4-10-7-11-14(23-10)17-9(3)18(15(11)22)8(2)13(21)16-6-5-12(19)20/h7-8H,4-6H2,1-3H3,(H,16,21)(H,19,20). The van der Waals surface area contributed by atoms with Crippen molar-refractivity contribution < 1.29 is 14.7 Å². The number of aliphatic carboxylic acids is 1. The summed E-state index contributed by atoms with van der Waals surface area (Å²) < 4.78 is 1.35. The van der Waals surface area contributed by atoms with Crippen LogP contribution in [0.25, 0.3) is 10.2 Å². The maximum Gasteiger partial charge on any atom is 0.305 e. The zero-order chi connectivity index (χ0) is 17.1. The van der Waals surface area contributed by atoms with Crippen LogP contribution in [0.3, 0.4) is 0 Å². The summed E-state index contributed by atoms with van der Waals surface area (Å²) in [5, 5.41) is 11.6. The lowest BCUT2D eigenvalue weighted by molar-refractivity contribution is -0.137. The fourth-order valence-corrected chi connectivity index (χ4v) is 3.34. The lowest BCUT2D eigenvalue weighted by Gasteiger charge is -2.17. The zero-order valence-corrected chi connectivity index (χ0v) is 14.1. The van der Waals surface area contributed by atoms with Crippen LogP contribution in [0, 0.1) is 6.92 Å². The third-order valence-corrected chi connectivity index (χ3v) is 4.75. The molecule has 124 valence electrons. The molecule has 0 bridgehead atoms. The van der Waals surface area contributed by atoms with Crippen molar-refractivity contribution in [2.24, 2.45) is 0 Å². The number of aromatic nitrogens is 2. The summed E-state index contributed by atoms with van der Waals surface area (Å²) in [6, 6.07) is 1.07. The van der Waals surface area contributed by atoms with E-state index >= 15 is 0 Å². The number of fused-ring (bicyclic) bond motifs is 1. The van der Waals surface area contributed by atoms with Gasteiger partial charge in [-0.1, -0.05) is 6.92 Å². The van der Waals surface area contributed by atoms with Crippen LogP contribution in [0.2, 0.25) is 0 Å². The van der Waals surface area contributed by atoms with Crippen LogP contribution in [0.15, 0.2) is 10.9 Å². The fraction of sp³-hybridized carbons (Fsp3) is 0.467. The van der Waals surface area contributed by atoms with E-state index in [2.05, 4.69) is 10.3 Å². The summed E-state index contributed by atoms with van der Waals surface area (Å²) in [5.41, 5.74) is -0.246. The van der Waals surface area contributed by atoms with Gasteiger partial charge in [-0.15, -0.1) is 11.3 Å². The van der Waals surface area contributed by atoms with Crippen molar-refractivity contribution in [1.82, 2.24) is 14.9 Å². The number of thiophene rings is 1. The van der Waals surface area contributed by atoms with Crippen molar-refractivity contribution in [3.05, 3.63) is 27.1 Å². The van der Waals surface area contributed by atoms with E-state index in [0.29, 0.717) is 16.0 Å². The highest BCUT2D eigenvalue weighted by atomic mass is 32.1. The molecule has 0 saturated heterocycles. The molecule has 0 fully saturated rings. The minimum absolute atomic E-state index is 0.0282. The Labute approximate surface area is 137 Å². The number of nitrogens with zero attached hydrogens (tertiary/aromatic N) is 2. The highest BCUT2D eigenvalue weighted by Crippen LogP contribution is 2.22. The average Bonchev–Trinajstić information content (AvgIpc) is 2.89. The highest BCUT2D eigenvalue weighted by molar-refractivity contribution is 7.18. The Balaban J connectivity index is 2.32. The van der Waals surface area contributed by atoms with Gasteiger partial charge in [0.05, 0.1) is 11.8 Å². The molecule has 1 unspecified atom stereocenters. The molecule has 0 aliphatic heterocycles. The third-order valence-electron chi connectivity index (χ3n) is 3.58. The van der Waals surface area contributed by atoms with Crippen LogP contribution in [-0.4, -0.2) is 33.1 Å². The Morgan fingerprint density at radius 3 is 2.78 bits per heavy atom. The van der Waals surface area contributed by atoms with E-state index in [1.165, 1.54) is 15.9 Å². The van der Waals surface area contributed by atoms with Crippen LogP contribution < -0.4 is 10.9 Å². The van der Waals surface area contributed by atoms with E-state index in [0.717, 1.165) is 11.3 Å². The Bertz CT molecular complexity index is 809. The second-order valence-electron chi connectivity index (χ2n) is 5.23. The van der Waals surface area contributed by atoms with Gasteiger partial charge in [0, 0.05) is 11.4 Å². The number of nitrogens with one attached hydrogen (secondary N) is 1. The first-order valence-electron chi connectivity index (χ1n) is 7.36. The SMILES string of the molecule is CCc1cc2c(=O)n(C(C)C(=O)NCCC(=O)O)c(C)nc2s1. The number of carbonyl (C=O) groups is 2. The Morgan fingerprint density at radius 2 is 2.17 bits per heavy atom. The summed E-state index contributed by atoms with van der Waals surface area (Å²) in [6.07, 6.45) is 0.665. The van der Waals surface area contributed by atoms with E-state index in [1.54, 1.807) is 13.8 Å². The monoisotopic (exact) mass is 337 g/mol. The fourth-order valence-electron chi connectivity index (χ4n) is 2.33. The minimum Gasteiger partial charge on any atom is -0.481 e. The molecule has 2 heterocycles. The van der Waals surface area contributed by atoms with Crippen LogP contribution in [0.4, 0.5) is 0 Å². The van der Waals surface area contributed by atoms with Gasteiger partial charge in [0.1, 0.15) is 16.7 Å². The van der Waals surface area contributed by atoms with Gasteiger partial charge in [-0.25, -0.2) is 4.98 Å². The Hall–Kier alpha value is -2.22. The van der Waals surface area contributed by atoms with Gasteiger partial charge < -0.3 is 10.4 Å². The molecule has 1 amide bonds. The molecule has 1 atom stereocenters. The first-order valence-corrected chi connectivity index (χ1v) is 8.17. The molecule has 0 aliphatic carbocycles. The predicted octanol–water partition coefficient (Wildman–Crippen LogP) is 1.48. The quantitative estimate of drug-likeness (QED) is 0.831. The molecule has 2 aromatic rings. The first kappa shape index (κ1) is 17.1. The lowest BCUT2D eigenvalue weighted by Crippen LogP contribution is -2.38. The number of rotatable bonds is 6. The molecule has 0 aliphatic rings. The molecule has 0 aromatic carbocycles. The van der Waals surface area contributed by atoms with E-state index in [1.807, 2.05) is 13.0 Å². The number of hydrogen-bond donors (Lipinski definition) is 2. The van der Waals surface area contributed by atoms with Gasteiger partial charge in [0.2, 0.25) is 5.91 Å². The van der Waals surface area contributed by atoms with E-state index in [4.69, 9.17) is 5.11 Å². The number of aryl methyl sites for hydroxylation is 2. The topological polar surface area (TPSA) is 101 Å². The highest BCUT2D eigenvalue weighted by Gasteiger charge is 2.21. The van der Waals surface area contributed by atoms with Crippen LogP contribution in [0.1, 0.15) is 37.0 Å². The second-order valence-corrected chi connectivity index (χ2v) is 6.35. The van der Waals surface area contributed by atoms with Gasteiger partial charge in [-0.2, -0.15) is 0 Å². The maximum absolute atomic E-state index is 12.7. The molecular weight excluding hydrogens is 318 g/mol. The van der Waals surface area contributed by atoms with Crippen molar-refractivity contribution in [1.29, 1.82) is 0 Å². The molecule has 2 aromatic heterocycles. The van der Waals surface area contributed by atoms with Crippen molar-refractivity contribution in [2.75, 3.05) is 6.54 Å². The summed E-state index contributed by atoms with van der Waals surface area (Å²) in [5.74, 6) is -0.920. The van der Waals surface area contributed by atoms with Crippen molar-refractivity contribution >= 4 is 33.4 Å². The lowest BCUT2D eigenvalue weighted by atomic mass is 10.2. The van der Waals surface area contributed by atoms with Gasteiger partial charge >= 0.3 is 5.97 Å². The van der Waals surface area contributed by atoms with Gasteiger partial charge in [0.15, 0.2) is 0 Å². The van der Waals surface area contributed by atoms with Crippen LogP contribution >= 0.6 is 11.3 Å². The molecular formula is C15H19N3O4S. The van der Waals surface area contributed by atoms with Crippen molar-refractivity contribution in [2.45, 2.75) is 39.7 Å². The Kier molecular flexibility index (Phi) is 5.15. The van der Waals surface area contributed by atoms with E-state index < -0.39 is 17.9 Å². The summed E-state index contributed by atoms with van der Waals surface area (Å²) in [4.78, 5) is 41.5. The molecule has 8 heteroatoms. The van der Waals surface area contributed by atoms with Crippen LogP contribution in [0.5, 0.6) is 0 Å². The molecule has 23 heavy (non-hydrogen) atoms. The third kappa shape index (κ3) is 3.58. The Morgan fingerprint density at radius 1 is 1.48 bits per heavy atom. The average molecular weight is 337 g/mol. The number of amides is 1. The van der Waals surface area contributed by atoms with Crippen molar-refractivity contribution in [3.8, 4) is 0 Å². The van der Waals surface area contributed by atoms with Gasteiger partial charge in [-0.05, 0) is 26.3 Å². The molecule has 0 spiro atoms. The first-order chi connectivity index (χ1) is 10.8. The van der Waals surface area contributed by atoms with E-state index in [9.17, 15) is 14.4 Å². The molecule has 7 nitrogen and oxygen atoms in total. The summed E-state index contributed by atoms with van der Waals surface area (Å²) >= 11 is 1.48. The normalized spacial score (nSPS) is 12.3. The minimum atomic E-state index is -0.986. The second kappa shape index (κ2) is 6.91. The summed E-state index contributed by atoms with van der Waals surface area (Å²) in [6.45, 7) is 5.33. The number of carboxylic acids is 1. The molecule has 2 N–H and O–H groups in total. The zero-order valence-electron chi connectivity index (χ0n) is 13.3. The maximum atomic E-state index is 12.7. The number of carboxylic acid groups (broad SMARTS) is 1. The largest absolute Gasteiger partial charge is 0.481 e. The molecule has 0 saturated carbocycles. The smallest absolute Gasteiger partial charge is 0.305 e. The summed E-state index contributed by atoms with van der Waals surface area (Å²) in [7, 11) is 0. The van der Waals surface area contributed by atoms with Crippen LogP contribution in [-0.2, 0) is 16.0 Å². The molecule has 2 rings (SSSR count). The predicted molar refractivity (Wildman–Crippen MR) is 88.0 cm³/mol. The van der Waals surface area contributed by atoms with Gasteiger partial charge in [0.25, 0.3) is 5.56 Å². The van der Waals surface area contributed by atoms with Gasteiger partial charge in [-0.3, -0.25) is 19.0 Å².